The lowest BCUT2D eigenvalue weighted by Crippen LogP contribution is -2.28. The first-order chi connectivity index (χ1) is 7.72. The number of nitriles is 1. The fraction of sp³-hybridized carbons (Fsp3) is 0.417. The molecular weight excluding hydrogens is 202 g/mol. The summed E-state index contributed by atoms with van der Waals surface area (Å²) in [7, 11) is 0. The van der Waals surface area contributed by atoms with Crippen LogP contribution in [0.4, 0.5) is 11.4 Å². The fourth-order valence-electron chi connectivity index (χ4n) is 1.66. The average molecular weight is 219 g/mol. The normalized spacial score (nSPS) is 9.81. The van der Waals surface area contributed by atoms with Gasteiger partial charge >= 0.3 is 0 Å². The van der Waals surface area contributed by atoms with E-state index in [-0.39, 0.29) is 6.61 Å². The van der Waals surface area contributed by atoms with Gasteiger partial charge in [-0.2, -0.15) is 5.26 Å². The number of hydrogen-bond donors (Lipinski definition) is 2. The molecule has 0 saturated heterocycles. The second-order valence-corrected chi connectivity index (χ2v) is 3.60. The summed E-state index contributed by atoms with van der Waals surface area (Å²) in [6.45, 7) is 3.57. The molecule has 0 atom stereocenters. The van der Waals surface area contributed by atoms with Crippen molar-refractivity contribution in [2.75, 3.05) is 30.3 Å². The molecule has 1 rings (SSSR count). The molecule has 0 spiro atoms. The second-order valence-electron chi connectivity index (χ2n) is 3.60. The van der Waals surface area contributed by atoms with Gasteiger partial charge in [0.15, 0.2) is 0 Å². The quantitative estimate of drug-likeness (QED) is 0.733. The van der Waals surface area contributed by atoms with Crippen LogP contribution in [0.3, 0.4) is 0 Å². The number of hydrogen-bond acceptors (Lipinski definition) is 4. The standard InChI is InChI=1S/C12H17N3O/c1-2-5-15(6-7-16)12-4-3-10(9-13)8-11(12)14/h3-4,8,16H,2,5-7,14H2,1H3. The molecule has 3 N–H and O–H groups in total. The lowest BCUT2D eigenvalue weighted by atomic mass is 10.1. The van der Waals surface area contributed by atoms with Gasteiger partial charge in [-0.3, -0.25) is 0 Å². The monoisotopic (exact) mass is 219 g/mol. The van der Waals surface area contributed by atoms with Crippen LogP contribution in [0.5, 0.6) is 0 Å². The molecule has 0 bridgehead atoms. The highest BCUT2D eigenvalue weighted by Crippen LogP contribution is 2.24. The fourth-order valence-corrected chi connectivity index (χ4v) is 1.66. The summed E-state index contributed by atoms with van der Waals surface area (Å²) in [6.07, 6.45) is 0.986. The minimum Gasteiger partial charge on any atom is -0.397 e. The molecule has 0 amide bonds. The summed E-state index contributed by atoms with van der Waals surface area (Å²) < 4.78 is 0. The van der Waals surface area contributed by atoms with Crippen molar-refractivity contribution in [1.29, 1.82) is 5.26 Å². The Morgan fingerprint density at radius 3 is 2.69 bits per heavy atom. The maximum absolute atomic E-state index is 8.98. The third kappa shape index (κ3) is 2.88. The first-order valence-corrected chi connectivity index (χ1v) is 5.38. The summed E-state index contributed by atoms with van der Waals surface area (Å²) in [5.41, 5.74) is 7.91. The van der Waals surface area contributed by atoms with E-state index in [0.717, 1.165) is 18.7 Å². The van der Waals surface area contributed by atoms with Gasteiger partial charge in [0.25, 0.3) is 0 Å². The largest absolute Gasteiger partial charge is 0.397 e. The highest BCUT2D eigenvalue weighted by molar-refractivity contribution is 5.69. The zero-order chi connectivity index (χ0) is 12.0. The summed E-state index contributed by atoms with van der Waals surface area (Å²) in [5.74, 6) is 0. The van der Waals surface area contributed by atoms with E-state index in [1.54, 1.807) is 12.1 Å². The Morgan fingerprint density at radius 2 is 2.19 bits per heavy atom. The molecule has 0 fully saturated rings. The van der Waals surface area contributed by atoms with Gasteiger partial charge < -0.3 is 15.7 Å². The Bertz CT molecular complexity index is 378. The number of anilines is 2. The summed E-state index contributed by atoms with van der Waals surface area (Å²) >= 11 is 0. The van der Waals surface area contributed by atoms with Crippen LogP contribution in [0.15, 0.2) is 18.2 Å². The maximum atomic E-state index is 8.98. The first-order valence-electron chi connectivity index (χ1n) is 5.38. The van der Waals surface area contributed by atoms with Gasteiger partial charge in [-0.05, 0) is 24.6 Å². The number of nitrogens with zero attached hydrogens (tertiary/aromatic N) is 2. The van der Waals surface area contributed by atoms with Crippen molar-refractivity contribution in [2.45, 2.75) is 13.3 Å². The van der Waals surface area contributed by atoms with Gasteiger partial charge in [0, 0.05) is 13.1 Å². The molecule has 1 aromatic rings. The molecule has 0 aromatic heterocycles. The van der Waals surface area contributed by atoms with Crippen molar-refractivity contribution < 1.29 is 5.11 Å². The van der Waals surface area contributed by atoms with Gasteiger partial charge in [-0.1, -0.05) is 6.92 Å². The van der Waals surface area contributed by atoms with Crippen LogP contribution in [-0.4, -0.2) is 24.8 Å². The first kappa shape index (κ1) is 12.3. The van der Waals surface area contributed by atoms with Gasteiger partial charge in [0.05, 0.1) is 29.6 Å². The lowest BCUT2D eigenvalue weighted by Gasteiger charge is -2.24. The third-order valence-corrected chi connectivity index (χ3v) is 2.36. The molecule has 0 heterocycles. The van der Waals surface area contributed by atoms with Crippen molar-refractivity contribution in [3.63, 3.8) is 0 Å². The maximum Gasteiger partial charge on any atom is 0.0992 e. The predicted octanol–water partition coefficient (Wildman–Crippen LogP) is 1.35. The molecule has 1 aromatic carbocycles. The summed E-state index contributed by atoms with van der Waals surface area (Å²) in [4.78, 5) is 2.02. The van der Waals surface area contributed by atoms with E-state index >= 15 is 0 Å². The van der Waals surface area contributed by atoms with Gasteiger partial charge in [-0.15, -0.1) is 0 Å². The van der Waals surface area contributed by atoms with E-state index in [0.29, 0.717) is 17.8 Å². The molecule has 0 unspecified atom stereocenters. The van der Waals surface area contributed by atoms with E-state index in [9.17, 15) is 0 Å². The minimum atomic E-state index is 0.0967. The van der Waals surface area contributed by atoms with E-state index in [1.165, 1.54) is 0 Å². The zero-order valence-corrected chi connectivity index (χ0v) is 9.48. The summed E-state index contributed by atoms with van der Waals surface area (Å²) in [6, 6.07) is 7.29. The molecule has 0 radical (unpaired) electrons. The Morgan fingerprint density at radius 1 is 1.44 bits per heavy atom. The molecule has 86 valence electrons. The van der Waals surface area contributed by atoms with Gasteiger partial charge in [-0.25, -0.2) is 0 Å². The van der Waals surface area contributed by atoms with Crippen molar-refractivity contribution >= 4 is 11.4 Å². The van der Waals surface area contributed by atoms with E-state index in [2.05, 4.69) is 13.0 Å². The van der Waals surface area contributed by atoms with E-state index < -0.39 is 0 Å². The van der Waals surface area contributed by atoms with Crippen molar-refractivity contribution in [1.82, 2.24) is 0 Å². The minimum absolute atomic E-state index is 0.0967. The molecule has 0 saturated carbocycles. The van der Waals surface area contributed by atoms with Crippen LogP contribution >= 0.6 is 0 Å². The molecular formula is C12H17N3O. The number of aliphatic hydroxyl groups excluding tert-OH is 1. The van der Waals surface area contributed by atoms with E-state index in [4.69, 9.17) is 16.1 Å². The van der Waals surface area contributed by atoms with Crippen LogP contribution in [-0.2, 0) is 0 Å². The zero-order valence-electron chi connectivity index (χ0n) is 9.48. The Hall–Kier alpha value is -1.73. The van der Waals surface area contributed by atoms with Crippen LogP contribution in [0, 0.1) is 11.3 Å². The molecule has 4 heteroatoms. The van der Waals surface area contributed by atoms with Crippen molar-refractivity contribution in [2.24, 2.45) is 0 Å². The second kappa shape index (κ2) is 5.99. The Balaban J connectivity index is 2.96. The molecule has 4 nitrogen and oxygen atoms in total. The molecule has 0 aliphatic heterocycles. The SMILES string of the molecule is CCCN(CCO)c1ccc(C#N)cc1N. The van der Waals surface area contributed by atoms with Crippen molar-refractivity contribution in [3.8, 4) is 6.07 Å². The average Bonchev–Trinajstić information content (AvgIpc) is 2.29. The summed E-state index contributed by atoms with van der Waals surface area (Å²) in [5, 5.41) is 17.7. The number of rotatable bonds is 5. The smallest absolute Gasteiger partial charge is 0.0992 e. The third-order valence-electron chi connectivity index (χ3n) is 2.36. The van der Waals surface area contributed by atoms with Gasteiger partial charge in [0.1, 0.15) is 0 Å². The van der Waals surface area contributed by atoms with E-state index in [1.807, 2.05) is 11.0 Å². The lowest BCUT2D eigenvalue weighted by molar-refractivity contribution is 0.302. The van der Waals surface area contributed by atoms with Crippen molar-refractivity contribution in [3.05, 3.63) is 23.8 Å². The van der Waals surface area contributed by atoms with Crippen LogP contribution in [0.1, 0.15) is 18.9 Å². The molecule has 0 aliphatic carbocycles. The predicted molar refractivity (Wildman–Crippen MR) is 65.2 cm³/mol. The number of aliphatic hydroxyl groups is 1. The van der Waals surface area contributed by atoms with Crippen LogP contribution in [0.2, 0.25) is 0 Å². The molecule has 0 aliphatic rings. The molecule has 16 heavy (non-hydrogen) atoms. The topological polar surface area (TPSA) is 73.3 Å². The Kier molecular flexibility index (Phi) is 4.62. The van der Waals surface area contributed by atoms with Gasteiger partial charge in [0.2, 0.25) is 0 Å². The highest BCUT2D eigenvalue weighted by Gasteiger charge is 2.08. The number of nitrogen functional groups attached to an aromatic ring is 1. The number of nitrogens with two attached hydrogens (primary N) is 1. The number of benzene rings is 1. The Labute approximate surface area is 95.9 Å². The van der Waals surface area contributed by atoms with Crippen LogP contribution in [0.25, 0.3) is 0 Å². The van der Waals surface area contributed by atoms with Crippen LogP contribution < -0.4 is 10.6 Å². The highest BCUT2D eigenvalue weighted by atomic mass is 16.3.